The van der Waals surface area contributed by atoms with E-state index in [0.29, 0.717) is 5.92 Å². The van der Waals surface area contributed by atoms with Crippen LogP contribution in [0.3, 0.4) is 0 Å². The highest BCUT2D eigenvalue weighted by atomic mass is 32.1. The predicted molar refractivity (Wildman–Crippen MR) is 137 cm³/mol. The Bertz CT molecular complexity index is 1260. The molecule has 2 aromatic carbocycles. The van der Waals surface area contributed by atoms with Gasteiger partial charge in [0.1, 0.15) is 5.82 Å². The number of anilines is 2. The molecule has 0 fully saturated rings. The fourth-order valence-corrected chi connectivity index (χ4v) is 4.25. The monoisotopic (exact) mass is 516 g/mol. The normalized spacial score (nSPS) is 17.2. The number of aromatic nitrogens is 2. The van der Waals surface area contributed by atoms with Crippen molar-refractivity contribution in [3.8, 4) is 0 Å². The van der Waals surface area contributed by atoms with E-state index < -0.39 is 24.2 Å². The minimum absolute atomic E-state index is 0.118. The van der Waals surface area contributed by atoms with Crippen molar-refractivity contribution >= 4 is 34.7 Å². The molecule has 0 spiro atoms. The van der Waals surface area contributed by atoms with E-state index >= 15 is 0 Å². The van der Waals surface area contributed by atoms with E-state index in [9.17, 15) is 18.0 Å². The number of amides is 1. The van der Waals surface area contributed by atoms with Crippen LogP contribution in [0.15, 0.2) is 54.6 Å². The Morgan fingerprint density at radius 2 is 1.86 bits per heavy atom. The number of hydrazine groups is 1. The number of nitrogens with one attached hydrogen (secondary N) is 4. The molecule has 1 amide bonds. The molecule has 0 saturated carbocycles. The third-order valence-corrected chi connectivity index (χ3v) is 6.20. The highest BCUT2D eigenvalue weighted by molar-refractivity contribution is 7.80. The summed E-state index contributed by atoms with van der Waals surface area (Å²) in [5.74, 6) is -0.282. The second-order valence-corrected chi connectivity index (χ2v) is 9.48. The van der Waals surface area contributed by atoms with Crippen LogP contribution in [-0.4, -0.2) is 27.0 Å². The third kappa shape index (κ3) is 5.78. The number of thiocarbonyl (C=S) groups is 1. The summed E-state index contributed by atoms with van der Waals surface area (Å²) in [6.45, 7) is 6.04. The van der Waals surface area contributed by atoms with Crippen molar-refractivity contribution < 1.29 is 18.0 Å². The lowest BCUT2D eigenvalue weighted by Crippen LogP contribution is -2.44. The van der Waals surface area contributed by atoms with Gasteiger partial charge in [0, 0.05) is 18.2 Å². The Hall–Kier alpha value is -3.60. The van der Waals surface area contributed by atoms with Gasteiger partial charge in [-0.2, -0.15) is 18.3 Å². The summed E-state index contributed by atoms with van der Waals surface area (Å²) in [7, 11) is 0. The summed E-state index contributed by atoms with van der Waals surface area (Å²) in [5.41, 5.74) is 8.35. The lowest BCUT2D eigenvalue weighted by Gasteiger charge is -2.33. The number of nitrogens with zero attached hydrogens (tertiary/aromatic N) is 2. The Balaban J connectivity index is 1.48. The van der Waals surface area contributed by atoms with Gasteiger partial charge in [-0.05, 0) is 53.9 Å². The first-order valence-electron chi connectivity index (χ1n) is 11.5. The number of aryl methyl sites for hydroxylation is 1. The van der Waals surface area contributed by atoms with Gasteiger partial charge in [-0.3, -0.25) is 15.6 Å². The number of carbonyl (C=O) groups is 1. The molecule has 36 heavy (non-hydrogen) atoms. The maximum absolute atomic E-state index is 14.0. The van der Waals surface area contributed by atoms with Crippen molar-refractivity contribution in [2.24, 2.45) is 0 Å². The zero-order valence-corrected chi connectivity index (χ0v) is 20.8. The van der Waals surface area contributed by atoms with Gasteiger partial charge >= 0.3 is 6.18 Å². The number of carbonyl (C=O) groups excluding carboxylic acids is 1. The van der Waals surface area contributed by atoms with Crippen LogP contribution in [0.25, 0.3) is 0 Å². The number of fused-ring (bicyclic) bond motifs is 1. The van der Waals surface area contributed by atoms with E-state index in [4.69, 9.17) is 12.2 Å². The van der Waals surface area contributed by atoms with Crippen LogP contribution < -0.4 is 21.5 Å². The predicted octanol–water partition coefficient (Wildman–Crippen LogP) is 5.61. The van der Waals surface area contributed by atoms with Crippen molar-refractivity contribution in [3.05, 3.63) is 77.0 Å². The molecule has 7 nitrogen and oxygen atoms in total. The minimum Gasteiger partial charge on any atom is -0.363 e. The van der Waals surface area contributed by atoms with Gasteiger partial charge in [0.15, 0.2) is 16.8 Å². The van der Waals surface area contributed by atoms with E-state index in [2.05, 4.69) is 40.4 Å². The summed E-state index contributed by atoms with van der Waals surface area (Å²) in [6.07, 6.45) is -4.78. The quantitative estimate of drug-likeness (QED) is 0.267. The first kappa shape index (κ1) is 25.5. The molecule has 11 heteroatoms. The van der Waals surface area contributed by atoms with Crippen molar-refractivity contribution in [3.63, 3.8) is 0 Å². The Morgan fingerprint density at radius 1 is 1.14 bits per heavy atom. The Labute approximate surface area is 212 Å². The van der Waals surface area contributed by atoms with Crippen molar-refractivity contribution in [2.75, 3.05) is 10.6 Å². The van der Waals surface area contributed by atoms with Crippen LogP contribution >= 0.6 is 12.2 Å². The van der Waals surface area contributed by atoms with Gasteiger partial charge in [-0.25, -0.2) is 4.68 Å². The van der Waals surface area contributed by atoms with Gasteiger partial charge in [0.05, 0.1) is 6.04 Å². The first-order valence-corrected chi connectivity index (χ1v) is 11.9. The number of benzene rings is 2. The number of hydrogen-bond donors (Lipinski definition) is 4. The van der Waals surface area contributed by atoms with Crippen LogP contribution in [-0.2, 0) is 0 Å². The minimum atomic E-state index is -4.54. The molecule has 2 atom stereocenters. The van der Waals surface area contributed by atoms with Crippen molar-refractivity contribution in [1.82, 2.24) is 20.6 Å². The summed E-state index contributed by atoms with van der Waals surface area (Å²) >= 11 is 5.17. The third-order valence-electron chi connectivity index (χ3n) is 5.99. The second-order valence-electron chi connectivity index (χ2n) is 9.07. The molecule has 0 radical (unpaired) electrons. The fraction of sp³-hybridized carbons (Fsp3) is 0.320. The summed E-state index contributed by atoms with van der Waals surface area (Å²) in [5, 5.41) is 10.1. The van der Waals surface area contributed by atoms with Gasteiger partial charge in [-0.1, -0.05) is 50.2 Å². The van der Waals surface area contributed by atoms with E-state index in [1.54, 1.807) is 0 Å². The van der Waals surface area contributed by atoms with Crippen LogP contribution in [0.5, 0.6) is 0 Å². The van der Waals surface area contributed by atoms with Gasteiger partial charge in [0.25, 0.3) is 5.91 Å². The maximum Gasteiger partial charge on any atom is 0.410 e. The molecule has 0 unspecified atom stereocenters. The Morgan fingerprint density at radius 3 is 2.50 bits per heavy atom. The highest BCUT2D eigenvalue weighted by Crippen LogP contribution is 2.43. The topological polar surface area (TPSA) is 83.0 Å². The lowest BCUT2D eigenvalue weighted by molar-refractivity contribution is -0.173. The van der Waals surface area contributed by atoms with E-state index in [-0.39, 0.29) is 23.0 Å². The zero-order valence-electron chi connectivity index (χ0n) is 20.0. The number of rotatable bonds is 4. The standard InChI is InChI=1S/C25H27F3N6OS/c1-14(2)16-7-9-17(10-8-16)19-12-21(25(26,27)28)34-22(30-19)13-20(33-34)23(35)31-32-24(36)29-18-6-4-5-15(3)11-18/h4-11,13-14,19,21,30H,12H2,1-3H3,(H,31,35)(H2,29,32,36)/t19-,21+/m1/s1. The zero-order chi connectivity index (χ0) is 26.0. The van der Waals surface area contributed by atoms with Crippen molar-refractivity contribution in [2.45, 2.75) is 51.4 Å². The van der Waals surface area contributed by atoms with E-state index in [0.717, 1.165) is 27.1 Å². The van der Waals surface area contributed by atoms with Crippen LogP contribution in [0.4, 0.5) is 24.7 Å². The maximum atomic E-state index is 14.0. The highest BCUT2D eigenvalue weighted by Gasteiger charge is 2.46. The number of hydrogen-bond acceptors (Lipinski definition) is 4. The molecule has 2 heterocycles. The second kappa shape index (κ2) is 10.2. The van der Waals surface area contributed by atoms with Crippen molar-refractivity contribution in [1.29, 1.82) is 0 Å². The molecular formula is C25H27F3N6OS. The van der Waals surface area contributed by atoms with Gasteiger partial charge in [0.2, 0.25) is 0 Å². The molecule has 0 bridgehead atoms. The molecule has 0 aliphatic carbocycles. The van der Waals surface area contributed by atoms with E-state index in [1.165, 1.54) is 6.07 Å². The molecule has 190 valence electrons. The molecule has 1 aliphatic rings. The number of halogens is 3. The largest absolute Gasteiger partial charge is 0.410 e. The summed E-state index contributed by atoms with van der Waals surface area (Å²) in [6, 6.07) is 13.8. The molecule has 4 rings (SSSR count). The molecule has 0 saturated heterocycles. The molecule has 1 aliphatic heterocycles. The summed E-state index contributed by atoms with van der Waals surface area (Å²) in [4.78, 5) is 12.6. The van der Waals surface area contributed by atoms with Crippen LogP contribution in [0.2, 0.25) is 0 Å². The van der Waals surface area contributed by atoms with Crippen LogP contribution in [0.1, 0.15) is 65.4 Å². The Kier molecular flexibility index (Phi) is 7.21. The molecule has 4 N–H and O–H groups in total. The van der Waals surface area contributed by atoms with Gasteiger partial charge in [-0.15, -0.1) is 0 Å². The SMILES string of the molecule is Cc1cccc(NC(=S)NNC(=O)c2cc3n(n2)[C@H](C(F)(F)F)C[C@H](c2ccc(C(C)C)cc2)N3)c1. The fourth-order valence-electron chi connectivity index (χ4n) is 4.08. The first-order chi connectivity index (χ1) is 17.0. The smallest absolute Gasteiger partial charge is 0.363 e. The number of alkyl halides is 3. The lowest BCUT2D eigenvalue weighted by atomic mass is 9.94. The van der Waals surface area contributed by atoms with E-state index in [1.807, 2.05) is 55.5 Å². The molecule has 3 aromatic rings. The van der Waals surface area contributed by atoms with Crippen LogP contribution in [0, 0.1) is 6.92 Å². The average Bonchev–Trinajstić information content (AvgIpc) is 3.25. The molecular weight excluding hydrogens is 489 g/mol. The molecule has 1 aromatic heterocycles. The average molecular weight is 517 g/mol. The van der Waals surface area contributed by atoms with Gasteiger partial charge < -0.3 is 10.6 Å². The summed E-state index contributed by atoms with van der Waals surface area (Å²) < 4.78 is 42.7.